The SMILES string of the molecule is CCOC(=O)C1=C(CC)NC(=O)NC1c1cc(Br)c(O)c(Br)c1. The lowest BCUT2D eigenvalue weighted by atomic mass is 9.94. The first kappa shape index (κ1) is 17.8. The van der Waals surface area contributed by atoms with E-state index in [9.17, 15) is 14.7 Å². The molecule has 2 rings (SSSR count). The molecule has 23 heavy (non-hydrogen) atoms. The minimum absolute atomic E-state index is 0.0476. The topological polar surface area (TPSA) is 87.7 Å². The van der Waals surface area contributed by atoms with Crippen molar-refractivity contribution in [1.29, 1.82) is 0 Å². The lowest BCUT2D eigenvalue weighted by Crippen LogP contribution is -2.45. The predicted molar refractivity (Wildman–Crippen MR) is 91.9 cm³/mol. The van der Waals surface area contributed by atoms with Gasteiger partial charge in [-0.3, -0.25) is 0 Å². The number of nitrogens with one attached hydrogen (secondary N) is 2. The highest BCUT2D eigenvalue weighted by Gasteiger charge is 2.33. The predicted octanol–water partition coefficient (Wildman–Crippen LogP) is 3.50. The van der Waals surface area contributed by atoms with Crippen LogP contribution < -0.4 is 10.6 Å². The molecule has 1 aliphatic heterocycles. The molecule has 124 valence electrons. The number of phenolic OH excluding ortho intramolecular Hbond substituents is 1. The van der Waals surface area contributed by atoms with Gasteiger partial charge in [0.05, 0.1) is 27.2 Å². The van der Waals surface area contributed by atoms with Crippen LogP contribution >= 0.6 is 31.9 Å². The van der Waals surface area contributed by atoms with Crippen LogP contribution in [0.3, 0.4) is 0 Å². The van der Waals surface area contributed by atoms with Crippen molar-refractivity contribution in [3.63, 3.8) is 0 Å². The Bertz CT molecular complexity index is 665. The van der Waals surface area contributed by atoms with Gasteiger partial charge < -0.3 is 20.5 Å². The Morgan fingerprint density at radius 3 is 2.43 bits per heavy atom. The number of hydrogen-bond acceptors (Lipinski definition) is 4. The molecule has 6 nitrogen and oxygen atoms in total. The highest BCUT2D eigenvalue weighted by atomic mass is 79.9. The highest BCUT2D eigenvalue weighted by Crippen LogP contribution is 2.38. The molecule has 2 amide bonds. The van der Waals surface area contributed by atoms with E-state index in [1.165, 1.54) is 0 Å². The number of ether oxygens (including phenoxy) is 1. The second-order valence-corrected chi connectivity index (χ2v) is 6.54. The molecule has 1 heterocycles. The van der Waals surface area contributed by atoms with Gasteiger partial charge in [-0.25, -0.2) is 9.59 Å². The van der Waals surface area contributed by atoms with Crippen molar-refractivity contribution in [3.05, 3.63) is 37.9 Å². The summed E-state index contributed by atoms with van der Waals surface area (Å²) in [4.78, 5) is 24.2. The largest absolute Gasteiger partial charge is 0.506 e. The number of hydrogen-bond donors (Lipinski definition) is 3. The van der Waals surface area contributed by atoms with Crippen LogP contribution in [0.4, 0.5) is 4.79 Å². The number of carbonyl (C=O) groups is 2. The number of aromatic hydroxyl groups is 1. The third-order valence-corrected chi connectivity index (χ3v) is 4.58. The molecular weight excluding hydrogens is 432 g/mol. The molecule has 0 saturated carbocycles. The van der Waals surface area contributed by atoms with Gasteiger partial charge in [0, 0.05) is 5.70 Å². The Morgan fingerprint density at radius 2 is 1.91 bits per heavy atom. The van der Waals surface area contributed by atoms with Crippen LogP contribution in [0.2, 0.25) is 0 Å². The fraction of sp³-hybridized carbons (Fsp3) is 0.333. The third-order valence-electron chi connectivity index (χ3n) is 3.38. The van der Waals surface area contributed by atoms with E-state index < -0.39 is 12.0 Å². The standard InChI is InChI=1S/C15H16Br2N2O4/c1-3-10-11(14(21)23-4-2)12(19-15(22)18-10)7-5-8(16)13(20)9(17)6-7/h5-6,12,20H,3-4H2,1-2H3,(H2,18,19,22). The van der Waals surface area contributed by atoms with E-state index in [-0.39, 0.29) is 18.4 Å². The van der Waals surface area contributed by atoms with E-state index in [1.807, 2.05) is 6.92 Å². The average molecular weight is 448 g/mol. The maximum absolute atomic E-state index is 12.4. The zero-order chi connectivity index (χ0) is 17.1. The molecule has 0 fully saturated rings. The van der Waals surface area contributed by atoms with Crippen LogP contribution in [0.15, 0.2) is 32.3 Å². The smallest absolute Gasteiger partial charge is 0.338 e. The van der Waals surface area contributed by atoms with Gasteiger partial charge in [-0.1, -0.05) is 6.92 Å². The molecule has 0 aromatic heterocycles. The Balaban J connectivity index is 2.57. The van der Waals surface area contributed by atoms with Gasteiger partial charge in [0.15, 0.2) is 0 Å². The fourth-order valence-electron chi connectivity index (χ4n) is 2.35. The summed E-state index contributed by atoms with van der Waals surface area (Å²) in [5.74, 6) is -0.437. The molecule has 8 heteroatoms. The number of rotatable bonds is 4. The Hall–Kier alpha value is -1.54. The van der Waals surface area contributed by atoms with Crippen LogP contribution in [0, 0.1) is 0 Å². The summed E-state index contributed by atoms with van der Waals surface area (Å²) in [6.07, 6.45) is 0.485. The van der Waals surface area contributed by atoms with E-state index in [0.29, 0.717) is 32.2 Å². The second kappa shape index (κ2) is 7.35. The first-order valence-corrected chi connectivity index (χ1v) is 8.63. The first-order chi connectivity index (χ1) is 10.9. The molecule has 1 unspecified atom stereocenters. The van der Waals surface area contributed by atoms with Crippen LogP contribution in [-0.4, -0.2) is 23.7 Å². The summed E-state index contributed by atoms with van der Waals surface area (Å²) in [6.45, 7) is 3.81. The van der Waals surface area contributed by atoms with E-state index in [0.717, 1.165) is 0 Å². The Labute approximate surface area is 150 Å². The summed E-state index contributed by atoms with van der Waals surface area (Å²) >= 11 is 6.52. The second-order valence-electron chi connectivity index (χ2n) is 4.83. The molecule has 0 radical (unpaired) electrons. The van der Waals surface area contributed by atoms with E-state index >= 15 is 0 Å². The number of halogens is 2. The van der Waals surface area contributed by atoms with Crippen molar-refractivity contribution in [3.8, 4) is 5.75 Å². The number of urea groups is 1. The van der Waals surface area contributed by atoms with Crippen LogP contribution in [0.1, 0.15) is 31.9 Å². The maximum atomic E-state index is 12.4. The minimum Gasteiger partial charge on any atom is -0.506 e. The van der Waals surface area contributed by atoms with Crippen molar-refractivity contribution < 1.29 is 19.4 Å². The van der Waals surface area contributed by atoms with Crippen molar-refractivity contribution in [2.24, 2.45) is 0 Å². The van der Waals surface area contributed by atoms with Gasteiger partial charge in [-0.05, 0) is 62.9 Å². The summed E-state index contributed by atoms with van der Waals surface area (Å²) in [7, 11) is 0. The number of carbonyl (C=O) groups excluding carboxylic acids is 2. The molecule has 1 aromatic rings. The molecule has 3 N–H and O–H groups in total. The maximum Gasteiger partial charge on any atom is 0.338 e. The summed E-state index contributed by atoms with van der Waals surface area (Å²) < 4.78 is 6.03. The van der Waals surface area contributed by atoms with Crippen molar-refractivity contribution in [1.82, 2.24) is 10.6 Å². The number of amides is 2. The third kappa shape index (κ3) is 3.69. The zero-order valence-electron chi connectivity index (χ0n) is 12.6. The molecule has 0 bridgehead atoms. The van der Waals surface area contributed by atoms with E-state index in [4.69, 9.17) is 4.74 Å². The molecule has 0 aliphatic carbocycles. The van der Waals surface area contributed by atoms with Gasteiger partial charge in [0.25, 0.3) is 0 Å². The number of benzene rings is 1. The molecule has 1 aliphatic rings. The number of allylic oxidation sites excluding steroid dienone is 1. The molecular formula is C15H16Br2N2O4. The van der Waals surface area contributed by atoms with Crippen LogP contribution in [0.25, 0.3) is 0 Å². The Morgan fingerprint density at radius 1 is 1.30 bits per heavy atom. The van der Waals surface area contributed by atoms with Gasteiger partial charge >= 0.3 is 12.0 Å². The van der Waals surface area contributed by atoms with Crippen LogP contribution in [0.5, 0.6) is 5.75 Å². The normalized spacial score (nSPS) is 17.6. The van der Waals surface area contributed by atoms with Gasteiger partial charge in [0.1, 0.15) is 5.75 Å². The molecule has 1 atom stereocenters. The quantitative estimate of drug-likeness (QED) is 0.616. The van der Waals surface area contributed by atoms with E-state index in [2.05, 4.69) is 42.5 Å². The van der Waals surface area contributed by atoms with Gasteiger partial charge in [0.2, 0.25) is 0 Å². The van der Waals surface area contributed by atoms with E-state index in [1.54, 1.807) is 19.1 Å². The molecule has 0 spiro atoms. The fourth-order valence-corrected chi connectivity index (χ4v) is 3.57. The summed E-state index contributed by atoms with van der Waals surface area (Å²) in [6, 6.07) is 2.26. The van der Waals surface area contributed by atoms with Crippen molar-refractivity contribution >= 4 is 43.9 Å². The highest BCUT2D eigenvalue weighted by molar-refractivity contribution is 9.11. The molecule has 1 aromatic carbocycles. The van der Waals surface area contributed by atoms with Gasteiger partial charge in [-0.2, -0.15) is 0 Å². The van der Waals surface area contributed by atoms with Crippen molar-refractivity contribution in [2.45, 2.75) is 26.3 Å². The number of esters is 1. The zero-order valence-corrected chi connectivity index (χ0v) is 15.7. The summed E-state index contributed by atoms with van der Waals surface area (Å²) in [5, 5.41) is 15.2. The van der Waals surface area contributed by atoms with Gasteiger partial charge in [-0.15, -0.1) is 0 Å². The average Bonchev–Trinajstić information content (AvgIpc) is 2.51. The summed E-state index contributed by atoms with van der Waals surface area (Å²) in [5.41, 5.74) is 1.53. The Kier molecular flexibility index (Phi) is 5.69. The van der Waals surface area contributed by atoms with Crippen LogP contribution in [-0.2, 0) is 9.53 Å². The van der Waals surface area contributed by atoms with Crippen molar-refractivity contribution in [2.75, 3.05) is 6.61 Å². The molecule has 0 saturated heterocycles. The lowest BCUT2D eigenvalue weighted by molar-refractivity contribution is -0.139. The first-order valence-electron chi connectivity index (χ1n) is 7.04. The monoisotopic (exact) mass is 446 g/mol. The number of phenols is 1. The lowest BCUT2D eigenvalue weighted by Gasteiger charge is -2.29. The minimum atomic E-state index is -0.661.